The lowest BCUT2D eigenvalue weighted by atomic mass is 9.90. The van der Waals surface area contributed by atoms with Crippen LogP contribution in [0.5, 0.6) is 0 Å². The second-order valence-electron chi connectivity index (χ2n) is 11.9. The fourth-order valence-corrected chi connectivity index (χ4v) is 7.16. The van der Waals surface area contributed by atoms with Crippen molar-refractivity contribution in [2.75, 3.05) is 39.8 Å². The van der Waals surface area contributed by atoms with E-state index in [2.05, 4.69) is 47.8 Å². The maximum atomic E-state index is 13.6. The molecule has 218 valence electrons. The third kappa shape index (κ3) is 8.54. The number of amides is 1. The van der Waals surface area contributed by atoms with Crippen LogP contribution in [-0.4, -0.2) is 78.1 Å². The number of nitrogens with zero attached hydrogens (tertiary/aromatic N) is 3. The summed E-state index contributed by atoms with van der Waals surface area (Å²) in [5.41, 5.74) is 2.87. The van der Waals surface area contributed by atoms with Gasteiger partial charge in [0.15, 0.2) is 5.78 Å². The van der Waals surface area contributed by atoms with Crippen LogP contribution in [0.1, 0.15) is 69.4 Å². The topological polar surface area (TPSA) is 82.6 Å². The highest BCUT2D eigenvalue weighted by atomic mass is 32.1. The first-order chi connectivity index (χ1) is 19.2. The van der Waals surface area contributed by atoms with E-state index in [1.165, 1.54) is 5.56 Å². The Morgan fingerprint density at radius 1 is 1.15 bits per heavy atom. The third-order valence-corrected chi connectivity index (χ3v) is 9.66. The van der Waals surface area contributed by atoms with Gasteiger partial charge < -0.3 is 15.0 Å². The number of rotatable bonds is 14. The lowest BCUT2D eigenvalue weighted by Gasteiger charge is -2.32. The molecule has 1 N–H and O–H groups in total. The second-order valence-corrected chi connectivity index (χ2v) is 13.0. The van der Waals surface area contributed by atoms with Crippen LogP contribution < -0.4 is 5.32 Å². The molecule has 2 fully saturated rings. The average Bonchev–Trinajstić information content (AvgIpc) is 3.61. The quantitative estimate of drug-likeness (QED) is 0.330. The molecule has 1 amide bonds. The first-order valence-corrected chi connectivity index (χ1v) is 15.8. The van der Waals surface area contributed by atoms with Gasteiger partial charge in [-0.3, -0.25) is 14.5 Å². The van der Waals surface area contributed by atoms with Gasteiger partial charge in [0.05, 0.1) is 21.1 Å². The van der Waals surface area contributed by atoms with Crippen molar-refractivity contribution in [3.8, 4) is 0 Å². The molecule has 1 aromatic heterocycles. The number of likely N-dealkylation sites (N-methyl/N-ethyl adjacent to an activating group) is 1. The zero-order chi connectivity index (χ0) is 28.6. The minimum Gasteiger partial charge on any atom is -0.353 e. The Kier molecular flexibility index (Phi) is 11.0. The Hall–Kier alpha value is -2.42. The van der Waals surface area contributed by atoms with Gasteiger partial charge in [-0.15, -0.1) is 11.3 Å². The van der Waals surface area contributed by atoms with Crippen LogP contribution in [0.2, 0.25) is 0 Å². The van der Waals surface area contributed by atoms with Gasteiger partial charge in [0, 0.05) is 63.6 Å². The standard InChI is InChI=1S/C32H46N4O3S/c1-5-24-10-11-28-30(19-24)40-31(33-28)20-26(18-23(3)37)32(39)34-27(25-8-6-7-9-25)12-13-29(38)22(2)21-36-16-14-35(4)15-17-36/h10-11,19,25-27H,2,5-9,12-18,20-21H2,1,3-4H3,(H,34,39)/t26-,27+/m0/s1. The van der Waals surface area contributed by atoms with E-state index < -0.39 is 5.92 Å². The highest BCUT2D eigenvalue weighted by Crippen LogP contribution is 2.31. The van der Waals surface area contributed by atoms with Crippen molar-refractivity contribution in [1.82, 2.24) is 20.1 Å². The van der Waals surface area contributed by atoms with Crippen molar-refractivity contribution >= 4 is 39.0 Å². The number of aryl methyl sites for hydroxylation is 1. The average molecular weight is 567 g/mol. The summed E-state index contributed by atoms with van der Waals surface area (Å²) in [6.45, 7) is 12.3. The number of benzene rings is 1. The predicted molar refractivity (Wildman–Crippen MR) is 163 cm³/mol. The summed E-state index contributed by atoms with van der Waals surface area (Å²) < 4.78 is 1.12. The van der Waals surface area contributed by atoms with Crippen LogP contribution in [0.4, 0.5) is 0 Å². The van der Waals surface area contributed by atoms with E-state index in [1.807, 2.05) is 6.07 Å². The summed E-state index contributed by atoms with van der Waals surface area (Å²) in [6.07, 6.45) is 7.06. The number of Topliss-reactive ketones (excluding diaryl/α,β-unsaturated/α-hetero) is 2. The fourth-order valence-electron chi connectivity index (χ4n) is 6.05. The first kappa shape index (κ1) is 30.5. The van der Waals surface area contributed by atoms with Gasteiger partial charge in [-0.05, 0) is 63.3 Å². The third-order valence-electron chi connectivity index (χ3n) is 8.61. The minimum atomic E-state index is -0.462. The van der Waals surface area contributed by atoms with Gasteiger partial charge in [0.25, 0.3) is 0 Å². The van der Waals surface area contributed by atoms with Crippen molar-refractivity contribution in [1.29, 1.82) is 0 Å². The first-order valence-electron chi connectivity index (χ1n) is 15.0. The number of ketones is 2. The Morgan fingerprint density at radius 2 is 1.88 bits per heavy atom. The molecule has 2 aliphatic rings. The molecule has 0 spiro atoms. The lowest BCUT2D eigenvalue weighted by Crippen LogP contribution is -2.45. The maximum absolute atomic E-state index is 13.6. The lowest BCUT2D eigenvalue weighted by molar-refractivity contribution is -0.129. The molecule has 1 saturated carbocycles. The number of hydrogen-bond donors (Lipinski definition) is 1. The number of carbonyl (C=O) groups is 3. The molecule has 0 bridgehead atoms. The van der Waals surface area contributed by atoms with E-state index in [9.17, 15) is 14.4 Å². The van der Waals surface area contributed by atoms with E-state index in [1.54, 1.807) is 18.3 Å². The number of thiazole rings is 1. The van der Waals surface area contributed by atoms with Gasteiger partial charge in [-0.1, -0.05) is 32.4 Å². The van der Waals surface area contributed by atoms with Crippen molar-refractivity contribution in [3.63, 3.8) is 0 Å². The van der Waals surface area contributed by atoms with E-state index in [-0.39, 0.29) is 29.9 Å². The van der Waals surface area contributed by atoms with Crippen molar-refractivity contribution in [2.24, 2.45) is 11.8 Å². The number of carbonyl (C=O) groups excluding carboxylic acids is 3. The van der Waals surface area contributed by atoms with Gasteiger partial charge in [-0.25, -0.2) is 4.98 Å². The van der Waals surface area contributed by atoms with Gasteiger partial charge in [-0.2, -0.15) is 0 Å². The van der Waals surface area contributed by atoms with Crippen LogP contribution in [0.15, 0.2) is 30.4 Å². The zero-order valence-electron chi connectivity index (χ0n) is 24.5. The van der Waals surface area contributed by atoms with Crippen LogP contribution in [0, 0.1) is 11.8 Å². The van der Waals surface area contributed by atoms with Crippen LogP contribution >= 0.6 is 11.3 Å². The number of hydrogen-bond acceptors (Lipinski definition) is 7. The Balaban J connectivity index is 1.38. The number of nitrogens with one attached hydrogen (secondary N) is 1. The van der Waals surface area contributed by atoms with Crippen molar-refractivity contribution < 1.29 is 14.4 Å². The molecule has 40 heavy (non-hydrogen) atoms. The minimum absolute atomic E-state index is 0.00216. The number of fused-ring (bicyclic) bond motifs is 1. The molecule has 8 heteroatoms. The van der Waals surface area contributed by atoms with Crippen molar-refractivity contribution in [3.05, 3.63) is 40.9 Å². The molecule has 0 radical (unpaired) electrons. The number of aromatic nitrogens is 1. The molecule has 2 atom stereocenters. The summed E-state index contributed by atoms with van der Waals surface area (Å²) in [5, 5.41) is 4.19. The maximum Gasteiger partial charge on any atom is 0.224 e. The Bertz CT molecular complexity index is 1190. The van der Waals surface area contributed by atoms with Crippen LogP contribution in [0.25, 0.3) is 10.2 Å². The Morgan fingerprint density at radius 3 is 2.55 bits per heavy atom. The van der Waals surface area contributed by atoms with Crippen molar-refractivity contribution in [2.45, 2.75) is 77.7 Å². The molecular weight excluding hydrogens is 520 g/mol. The number of piperazine rings is 1. The molecular formula is C32H46N4O3S. The summed E-state index contributed by atoms with van der Waals surface area (Å²) in [5.74, 6) is -0.0879. The van der Waals surface area contributed by atoms with Gasteiger partial charge >= 0.3 is 0 Å². The van der Waals surface area contributed by atoms with Crippen LogP contribution in [0.3, 0.4) is 0 Å². The van der Waals surface area contributed by atoms with E-state index in [0.717, 1.165) is 73.5 Å². The molecule has 2 heterocycles. The van der Waals surface area contributed by atoms with E-state index in [0.29, 0.717) is 37.3 Å². The summed E-state index contributed by atoms with van der Waals surface area (Å²) in [6, 6.07) is 6.24. The van der Waals surface area contributed by atoms with Gasteiger partial charge in [0.2, 0.25) is 5.91 Å². The summed E-state index contributed by atoms with van der Waals surface area (Å²) in [7, 11) is 2.12. The normalized spacial score (nSPS) is 18.6. The van der Waals surface area contributed by atoms with E-state index >= 15 is 0 Å². The smallest absolute Gasteiger partial charge is 0.224 e. The highest BCUT2D eigenvalue weighted by Gasteiger charge is 2.31. The molecule has 1 saturated heterocycles. The molecule has 1 aliphatic carbocycles. The zero-order valence-corrected chi connectivity index (χ0v) is 25.4. The molecule has 1 aliphatic heterocycles. The van der Waals surface area contributed by atoms with Gasteiger partial charge in [0.1, 0.15) is 5.78 Å². The molecule has 2 aromatic rings. The Labute approximate surface area is 243 Å². The fraction of sp³-hybridized carbons (Fsp3) is 0.625. The van der Waals surface area contributed by atoms with E-state index in [4.69, 9.17) is 4.98 Å². The summed E-state index contributed by atoms with van der Waals surface area (Å²) in [4.78, 5) is 48.2. The second kappa shape index (κ2) is 14.5. The molecule has 4 rings (SSSR count). The monoisotopic (exact) mass is 566 g/mol. The molecule has 0 unspecified atom stereocenters. The predicted octanol–water partition coefficient (Wildman–Crippen LogP) is 4.82. The van der Waals surface area contributed by atoms with Crippen LogP contribution in [-0.2, 0) is 27.2 Å². The largest absolute Gasteiger partial charge is 0.353 e. The molecule has 1 aromatic carbocycles. The SMILES string of the molecule is C=C(CN1CCN(C)CC1)C(=O)CC[C@@H](NC(=O)[C@@H](CC(C)=O)Cc1nc2ccc(CC)cc2s1)C1CCCC1. The highest BCUT2D eigenvalue weighted by molar-refractivity contribution is 7.18. The summed E-state index contributed by atoms with van der Waals surface area (Å²) >= 11 is 1.61. The molecule has 7 nitrogen and oxygen atoms in total.